The van der Waals surface area contributed by atoms with Crippen LogP contribution in [0.2, 0.25) is 0 Å². The van der Waals surface area contributed by atoms with Gasteiger partial charge in [0.1, 0.15) is 5.56 Å². The summed E-state index contributed by atoms with van der Waals surface area (Å²) in [4.78, 5) is 27.0. The lowest BCUT2D eigenvalue weighted by Gasteiger charge is -2.12. The number of nitrogens with one attached hydrogen (secondary N) is 1. The number of rotatable bonds is 2. The number of pyridine rings is 1. The number of nitrogens with zero attached hydrogens (tertiary/aromatic N) is 1. The lowest BCUT2D eigenvalue weighted by molar-refractivity contribution is 0.0811. The van der Waals surface area contributed by atoms with Gasteiger partial charge in [0, 0.05) is 12.7 Å². The second-order valence-electron chi connectivity index (χ2n) is 3.25. The average Bonchev–Trinajstić information content (AvgIpc) is 2.17. The van der Waals surface area contributed by atoms with Crippen LogP contribution in [0, 0.1) is 19.3 Å². The van der Waals surface area contributed by atoms with Gasteiger partial charge in [0.25, 0.3) is 11.5 Å². The summed E-state index contributed by atoms with van der Waals surface area (Å²) in [6.07, 6.45) is 5.08. The Morgan fingerprint density at radius 2 is 2.27 bits per heavy atom. The van der Waals surface area contributed by atoms with Crippen LogP contribution in [0.5, 0.6) is 0 Å². The zero-order valence-electron chi connectivity index (χ0n) is 8.70. The fourth-order valence-electron chi connectivity index (χ4n) is 1.15. The van der Waals surface area contributed by atoms with Gasteiger partial charge in [-0.05, 0) is 19.1 Å². The Bertz CT molecular complexity index is 468. The van der Waals surface area contributed by atoms with Crippen LogP contribution in [-0.2, 0) is 0 Å². The first kappa shape index (κ1) is 11.1. The van der Waals surface area contributed by atoms with Crippen molar-refractivity contribution in [3.63, 3.8) is 0 Å². The minimum absolute atomic E-state index is 0.110. The summed E-state index contributed by atoms with van der Waals surface area (Å²) in [7, 11) is 1.56. The number of terminal acetylenes is 1. The number of carbonyl (C=O) groups excluding carboxylic acids is 1. The highest BCUT2D eigenvalue weighted by Gasteiger charge is 2.13. The van der Waals surface area contributed by atoms with E-state index in [0.717, 1.165) is 5.69 Å². The topological polar surface area (TPSA) is 53.2 Å². The van der Waals surface area contributed by atoms with E-state index in [-0.39, 0.29) is 23.6 Å². The van der Waals surface area contributed by atoms with Gasteiger partial charge in [-0.25, -0.2) is 0 Å². The molecule has 0 aromatic carbocycles. The molecular formula is C11H12N2O2. The van der Waals surface area contributed by atoms with Crippen LogP contribution in [0.1, 0.15) is 16.1 Å². The molecule has 0 fully saturated rings. The molecular weight excluding hydrogens is 192 g/mol. The molecule has 0 spiro atoms. The molecule has 15 heavy (non-hydrogen) atoms. The third kappa shape index (κ3) is 2.47. The van der Waals surface area contributed by atoms with Crippen LogP contribution in [0.15, 0.2) is 16.9 Å². The Labute approximate surface area is 87.9 Å². The summed E-state index contributed by atoms with van der Waals surface area (Å²) in [5, 5.41) is 0. The van der Waals surface area contributed by atoms with Crippen molar-refractivity contribution in [1.82, 2.24) is 9.88 Å². The van der Waals surface area contributed by atoms with Crippen molar-refractivity contribution in [1.29, 1.82) is 0 Å². The Balaban J connectivity index is 3.03. The van der Waals surface area contributed by atoms with Crippen molar-refractivity contribution in [2.24, 2.45) is 0 Å². The zero-order chi connectivity index (χ0) is 11.4. The van der Waals surface area contributed by atoms with E-state index in [2.05, 4.69) is 10.9 Å². The smallest absolute Gasteiger partial charge is 0.260 e. The van der Waals surface area contributed by atoms with Crippen molar-refractivity contribution >= 4 is 5.91 Å². The van der Waals surface area contributed by atoms with E-state index in [4.69, 9.17) is 6.42 Å². The number of aromatic nitrogens is 1. The molecule has 0 radical (unpaired) electrons. The fourth-order valence-corrected chi connectivity index (χ4v) is 1.15. The fraction of sp³-hybridized carbons (Fsp3) is 0.273. The molecule has 0 atom stereocenters. The number of hydrogen-bond acceptors (Lipinski definition) is 2. The van der Waals surface area contributed by atoms with Crippen molar-refractivity contribution in [3.05, 3.63) is 33.7 Å². The van der Waals surface area contributed by atoms with E-state index in [1.807, 2.05) is 0 Å². The van der Waals surface area contributed by atoms with Crippen molar-refractivity contribution in [2.45, 2.75) is 6.92 Å². The highest BCUT2D eigenvalue weighted by atomic mass is 16.2. The number of amides is 1. The molecule has 0 saturated heterocycles. The van der Waals surface area contributed by atoms with E-state index in [1.54, 1.807) is 20.0 Å². The van der Waals surface area contributed by atoms with Gasteiger partial charge < -0.3 is 9.88 Å². The van der Waals surface area contributed by atoms with Gasteiger partial charge in [0.15, 0.2) is 0 Å². The molecule has 1 aromatic rings. The minimum Gasteiger partial charge on any atom is -0.330 e. The molecule has 4 nitrogen and oxygen atoms in total. The minimum atomic E-state index is -0.385. The van der Waals surface area contributed by atoms with Crippen LogP contribution in [-0.4, -0.2) is 29.4 Å². The van der Waals surface area contributed by atoms with Gasteiger partial charge in [-0.1, -0.05) is 5.92 Å². The van der Waals surface area contributed by atoms with Crippen LogP contribution in [0.4, 0.5) is 0 Å². The first-order valence-electron chi connectivity index (χ1n) is 4.45. The molecule has 4 heteroatoms. The molecule has 0 saturated carbocycles. The third-order valence-electron chi connectivity index (χ3n) is 1.96. The maximum Gasteiger partial charge on any atom is 0.260 e. The van der Waals surface area contributed by atoms with E-state index >= 15 is 0 Å². The average molecular weight is 204 g/mol. The van der Waals surface area contributed by atoms with Gasteiger partial charge in [-0.15, -0.1) is 6.42 Å². The Morgan fingerprint density at radius 3 is 2.80 bits per heavy atom. The predicted octanol–water partition coefficient (Wildman–Crippen LogP) is 0.389. The Hall–Kier alpha value is -2.02. The van der Waals surface area contributed by atoms with Gasteiger partial charge >= 0.3 is 0 Å². The Morgan fingerprint density at radius 1 is 1.60 bits per heavy atom. The number of hydrogen-bond donors (Lipinski definition) is 1. The number of aryl methyl sites for hydroxylation is 1. The van der Waals surface area contributed by atoms with Gasteiger partial charge in [-0.3, -0.25) is 9.59 Å². The summed E-state index contributed by atoms with van der Waals surface area (Å²) < 4.78 is 0. The van der Waals surface area contributed by atoms with Crippen LogP contribution in [0.25, 0.3) is 0 Å². The van der Waals surface area contributed by atoms with E-state index in [0.29, 0.717) is 0 Å². The molecule has 0 aliphatic heterocycles. The number of carbonyl (C=O) groups is 1. The predicted molar refractivity (Wildman–Crippen MR) is 57.6 cm³/mol. The molecule has 1 heterocycles. The maximum atomic E-state index is 11.7. The van der Waals surface area contributed by atoms with Crippen molar-refractivity contribution in [3.8, 4) is 12.3 Å². The molecule has 0 aliphatic carbocycles. The second kappa shape index (κ2) is 4.47. The van der Waals surface area contributed by atoms with Crippen LogP contribution in [0.3, 0.4) is 0 Å². The number of H-pyrrole nitrogens is 1. The lowest BCUT2D eigenvalue weighted by atomic mass is 10.2. The molecule has 0 bridgehead atoms. The Kier molecular flexibility index (Phi) is 3.29. The first-order valence-corrected chi connectivity index (χ1v) is 4.45. The summed E-state index contributed by atoms with van der Waals surface area (Å²) in [6, 6.07) is 3.18. The largest absolute Gasteiger partial charge is 0.330 e. The van der Waals surface area contributed by atoms with E-state index in [9.17, 15) is 9.59 Å². The standard InChI is InChI=1S/C11H12N2O2/c1-4-7-13(3)11(15)9-6-5-8(2)12-10(9)14/h1,5-6H,7H2,2-3H3,(H,12,14). The SMILES string of the molecule is C#CCN(C)C(=O)c1ccc(C)[nH]c1=O. The van der Waals surface area contributed by atoms with Crippen LogP contribution < -0.4 is 5.56 Å². The quantitative estimate of drug-likeness (QED) is 0.708. The van der Waals surface area contributed by atoms with Crippen molar-refractivity contribution in [2.75, 3.05) is 13.6 Å². The monoisotopic (exact) mass is 204 g/mol. The molecule has 1 amide bonds. The van der Waals surface area contributed by atoms with Gasteiger partial charge in [0.05, 0.1) is 6.54 Å². The first-order chi connectivity index (χ1) is 7.06. The normalized spacial score (nSPS) is 9.40. The molecule has 0 aliphatic rings. The summed E-state index contributed by atoms with van der Waals surface area (Å²) >= 11 is 0. The zero-order valence-corrected chi connectivity index (χ0v) is 8.70. The highest BCUT2D eigenvalue weighted by molar-refractivity contribution is 5.93. The number of aromatic amines is 1. The third-order valence-corrected chi connectivity index (χ3v) is 1.96. The second-order valence-corrected chi connectivity index (χ2v) is 3.25. The maximum absolute atomic E-state index is 11.7. The van der Waals surface area contributed by atoms with Crippen LogP contribution >= 0.6 is 0 Å². The van der Waals surface area contributed by atoms with E-state index < -0.39 is 0 Å². The summed E-state index contributed by atoms with van der Waals surface area (Å²) in [6.45, 7) is 1.94. The van der Waals surface area contributed by atoms with Gasteiger partial charge in [0.2, 0.25) is 0 Å². The summed E-state index contributed by atoms with van der Waals surface area (Å²) in [5.41, 5.74) is 0.443. The summed E-state index contributed by atoms with van der Waals surface area (Å²) in [5.74, 6) is 1.98. The lowest BCUT2D eigenvalue weighted by Crippen LogP contribution is -2.32. The van der Waals surface area contributed by atoms with Gasteiger partial charge in [-0.2, -0.15) is 0 Å². The van der Waals surface area contributed by atoms with E-state index in [1.165, 1.54) is 11.0 Å². The molecule has 78 valence electrons. The molecule has 1 N–H and O–H groups in total. The van der Waals surface area contributed by atoms with Crippen molar-refractivity contribution < 1.29 is 4.79 Å². The molecule has 0 unspecified atom stereocenters. The molecule has 1 aromatic heterocycles. The highest BCUT2D eigenvalue weighted by Crippen LogP contribution is 1.98. The molecule has 1 rings (SSSR count).